The maximum absolute atomic E-state index is 12.3. The van der Waals surface area contributed by atoms with Crippen molar-refractivity contribution >= 4 is 34.6 Å². The van der Waals surface area contributed by atoms with Gasteiger partial charge in [-0.05, 0) is 36.4 Å². The molecule has 0 saturated carbocycles. The SMILES string of the molecule is COc1ccc(Nc2ccc(C(=O)Nc3ccccc3Cl)nc2)c(OC)c1. The van der Waals surface area contributed by atoms with E-state index in [0.717, 1.165) is 5.69 Å². The van der Waals surface area contributed by atoms with Crippen LogP contribution in [0.2, 0.25) is 5.02 Å². The van der Waals surface area contributed by atoms with Crippen LogP contribution < -0.4 is 20.1 Å². The van der Waals surface area contributed by atoms with Crippen LogP contribution in [0.15, 0.2) is 60.8 Å². The Morgan fingerprint density at radius 2 is 1.81 bits per heavy atom. The Hall–Kier alpha value is -3.25. The van der Waals surface area contributed by atoms with Gasteiger partial charge in [-0.3, -0.25) is 4.79 Å². The van der Waals surface area contributed by atoms with Crippen LogP contribution in [0.25, 0.3) is 0 Å². The Morgan fingerprint density at radius 3 is 2.48 bits per heavy atom. The van der Waals surface area contributed by atoms with Crippen LogP contribution in [0.3, 0.4) is 0 Å². The van der Waals surface area contributed by atoms with E-state index < -0.39 is 0 Å². The first-order valence-corrected chi connectivity index (χ1v) is 8.49. The Kier molecular flexibility index (Phi) is 5.78. The third-order valence-corrected chi connectivity index (χ3v) is 4.14. The van der Waals surface area contributed by atoms with Crippen LogP contribution in [0.5, 0.6) is 11.5 Å². The van der Waals surface area contributed by atoms with Gasteiger partial charge in [0.15, 0.2) is 0 Å². The van der Waals surface area contributed by atoms with Crippen molar-refractivity contribution < 1.29 is 14.3 Å². The molecule has 7 heteroatoms. The fourth-order valence-electron chi connectivity index (χ4n) is 2.41. The molecule has 1 aromatic heterocycles. The summed E-state index contributed by atoms with van der Waals surface area (Å²) in [5, 5.41) is 6.41. The number of halogens is 1. The Balaban J connectivity index is 1.72. The molecule has 0 radical (unpaired) electrons. The highest BCUT2D eigenvalue weighted by Gasteiger charge is 2.10. The number of carbonyl (C=O) groups excluding carboxylic acids is 1. The standard InChI is InChI=1S/C20H18ClN3O3/c1-26-14-8-10-17(19(11-14)27-2)23-13-7-9-18(22-12-13)20(25)24-16-6-4-3-5-15(16)21/h3-12,23H,1-2H3,(H,24,25). The smallest absolute Gasteiger partial charge is 0.274 e. The van der Waals surface area contributed by atoms with Crippen LogP contribution in [-0.4, -0.2) is 25.1 Å². The van der Waals surface area contributed by atoms with E-state index in [-0.39, 0.29) is 11.6 Å². The molecule has 6 nitrogen and oxygen atoms in total. The zero-order valence-electron chi connectivity index (χ0n) is 14.8. The van der Waals surface area contributed by atoms with E-state index in [9.17, 15) is 4.79 Å². The summed E-state index contributed by atoms with van der Waals surface area (Å²) in [4.78, 5) is 16.5. The van der Waals surface area contributed by atoms with Gasteiger partial charge in [-0.25, -0.2) is 4.98 Å². The number of benzene rings is 2. The number of carbonyl (C=O) groups is 1. The van der Waals surface area contributed by atoms with Gasteiger partial charge in [0.05, 0.1) is 42.5 Å². The van der Waals surface area contributed by atoms with Gasteiger partial charge in [-0.1, -0.05) is 23.7 Å². The molecule has 0 unspecified atom stereocenters. The van der Waals surface area contributed by atoms with Gasteiger partial charge in [0.1, 0.15) is 17.2 Å². The molecular weight excluding hydrogens is 366 g/mol. The highest BCUT2D eigenvalue weighted by atomic mass is 35.5. The average molecular weight is 384 g/mol. The number of aromatic nitrogens is 1. The molecule has 0 aliphatic rings. The van der Waals surface area contributed by atoms with Crippen molar-refractivity contribution in [1.82, 2.24) is 4.98 Å². The lowest BCUT2D eigenvalue weighted by Crippen LogP contribution is -2.13. The zero-order chi connectivity index (χ0) is 19.2. The summed E-state index contributed by atoms with van der Waals surface area (Å²) in [7, 11) is 3.18. The number of ether oxygens (including phenoxy) is 2. The molecule has 1 heterocycles. The van der Waals surface area contributed by atoms with E-state index in [1.165, 1.54) is 0 Å². The maximum atomic E-state index is 12.3. The number of methoxy groups -OCH3 is 2. The maximum Gasteiger partial charge on any atom is 0.274 e. The van der Waals surface area contributed by atoms with Gasteiger partial charge in [0.25, 0.3) is 5.91 Å². The molecule has 0 spiro atoms. The van der Waals surface area contributed by atoms with Gasteiger partial charge < -0.3 is 20.1 Å². The van der Waals surface area contributed by atoms with Gasteiger partial charge in [0, 0.05) is 6.07 Å². The third-order valence-electron chi connectivity index (χ3n) is 3.81. The van der Waals surface area contributed by atoms with Crippen molar-refractivity contribution in [2.45, 2.75) is 0 Å². The minimum absolute atomic E-state index is 0.280. The first-order chi connectivity index (χ1) is 13.1. The summed E-state index contributed by atoms with van der Waals surface area (Å²) in [5.74, 6) is 0.994. The number of hydrogen-bond donors (Lipinski definition) is 2. The molecule has 0 atom stereocenters. The Morgan fingerprint density at radius 1 is 1.00 bits per heavy atom. The summed E-state index contributed by atoms with van der Waals surface area (Å²) in [6.45, 7) is 0. The second kappa shape index (κ2) is 8.42. The zero-order valence-corrected chi connectivity index (χ0v) is 15.6. The minimum atomic E-state index is -0.336. The predicted octanol–water partition coefficient (Wildman–Crippen LogP) is 4.75. The van der Waals surface area contributed by atoms with Crippen molar-refractivity contribution in [2.75, 3.05) is 24.9 Å². The number of rotatable bonds is 6. The quantitative estimate of drug-likeness (QED) is 0.642. The monoisotopic (exact) mass is 383 g/mol. The number of nitrogens with one attached hydrogen (secondary N) is 2. The average Bonchev–Trinajstić information content (AvgIpc) is 2.70. The first kappa shape index (κ1) is 18.5. The van der Waals surface area contributed by atoms with E-state index in [2.05, 4.69) is 15.6 Å². The lowest BCUT2D eigenvalue weighted by Gasteiger charge is -2.12. The number of anilines is 3. The van der Waals surface area contributed by atoms with Crippen LogP contribution >= 0.6 is 11.6 Å². The Bertz CT molecular complexity index is 945. The topological polar surface area (TPSA) is 72.5 Å². The summed E-state index contributed by atoms with van der Waals surface area (Å²) in [5.41, 5.74) is 2.29. The van der Waals surface area contributed by atoms with Crippen LogP contribution in [0.4, 0.5) is 17.1 Å². The molecule has 27 heavy (non-hydrogen) atoms. The van der Waals surface area contributed by atoms with Crippen molar-refractivity contribution in [3.63, 3.8) is 0 Å². The highest BCUT2D eigenvalue weighted by Crippen LogP contribution is 2.31. The second-order valence-electron chi connectivity index (χ2n) is 5.56. The van der Waals surface area contributed by atoms with E-state index in [1.54, 1.807) is 62.9 Å². The predicted molar refractivity (Wildman–Crippen MR) is 106 cm³/mol. The molecule has 138 valence electrons. The normalized spacial score (nSPS) is 10.2. The summed E-state index contributed by atoms with van der Waals surface area (Å²) < 4.78 is 10.5. The molecule has 2 aromatic carbocycles. The van der Waals surface area contributed by atoms with Crippen molar-refractivity contribution in [3.05, 3.63) is 71.5 Å². The largest absolute Gasteiger partial charge is 0.497 e. The molecule has 1 amide bonds. The molecule has 3 rings (SSSR count). The second-order valence-corrected chi connectivity index (χ2v) is 5.96. The summed E-state index contributed by atoms with van der Waals surface area (Å²) in [6.07, 6.45) is 1.57. The third kappa shape index (κ3) is 4.48. The summed E-state index contributed by atoms with van der Waals surface area (Å²) in [6, 6.07) is 15.9. The first-order valence-electron chi connectivity index (χ1n) is 8.11. The van der Waals surface area contributed by atoms with Crippen LogP contribution in [0, 0.1) is 0 Å². The lowest BCUT2D eigenvalue weighted by molar-refractivity contribution is 0.102. The number of pyridine rings is 1. The van der Waals surface area contributed by atoms with E-state index in [4.69, 9.17) is 21.1 Å². The fourth-order valence-corrected chi connectivity index (χ4v) is 2.59. The summed E-state index contributed by atoms with van der Waals surface area (Å²) >= 11 is 6.06. The van der Waals surface area contributed by atoms with Gasteiger partial charge in [0.2, 0.25) is 0 Å². The number of amides is 1. The molecule has 0 saturated heterocycles. The van der Waals surface area contributed by atoms with Crippen LogP contribution in [0.1, 0.15) is 10.5 Å². The van der Waals surface area contributed by atoms with Crippen molar-refractivity contribution in [2.24, 2.45) is 0 Å². The molecular formula is C20H18ClN3O3. The van der Waals surface area contributed by atoms with Gasteiger partial charge in [-0.15, -0.1) is 0 Å². The lowest BCUT2D eigenvalue weighted by atomic mass is 10.2. The van der Waals surface area contributed by atoms with Gasteiger partial charge >= 0.3 is 0 Å². The molecule has 0 bridgehead atoms. The molecule has 3 aromatic rings. The number of nitrogens with zero attached hydrogens (tertiary/aromatic N) is 1. The molecule has 2 N–H and O–H groups in total. The number of hydrogen-bond acceptors (Lipinski definition) is 5. The van der Waals surface area contributed by atoms with Crippen LogP contribution in [-0.2, 0) is 0 Å². The minimum Gasteiger partial charge on any atom is -0.497 e. The van der Waals surface area contributed by atoms with E-state index in [0.29, 0.717) is 27.9 Å². The van der Waals surface area contributed by atoms with E-state index in [1.807, 2.05) is 12.1 Å². The Labute approximate surface area is 162 Å². The highest BCUT2D eigenvalue weighted by molar-refractivity contribution is 6.33. The molecule has 0 aliphatic carbocycles. The van der Waals surface area contributed by atoms with Crippen molar-refractivity contribution in [1.29, 1.82) is 0 Å². The van der Waals surface area contributed by atoms with E-state index >= 15 is 0 Å². The van der Waals surface area contributed by atoms with Crippen molar-refractivity contribution in [3.8, 4) is 11.5 Å². The van der Waals surface area contributed by atoms with Gasteiger partial charge in [-0.2, -0.15) is 0 Å². The fraction of sp³-hybridized carbons (Fsp3) is 0.100. The molecule has 0 fully saturated rings. The number of para-hydroxylation sites is 1. The molecule has 0 aliphatic heterocycles.